The van der Waals surface area contributed by atoms with Gasteiger partial charge < -0.3 is 5.32 Å². The van der Waals surface area contributed by atoms with Crippen LogP contribution in [0.2, 0.25) is 5.02 Å². The van der Waals surface area contributed by atoms with Crippen molar-refractivity contribution in [1.82, 2.24) is 9.78 Å². The van der Waals surface area contributed by atoms with E-state index in [4.69, 9.17) is 11.6 Å². The third-order valence-electron chi connectivity index (χ3n) is 4.24. The van der Waals surface area contributed by atoms with Crippen molar-refractivity contribution in [3.05, 3.63) is 64.3 Å². The minimum absolute atomic E-state index is 0.235. The lowest BCUT2D eigenvalue weighted by Gasteiger charge is -2.18. The number of anilines is 1. The number of rotatable bonds is 2. The number of nitrogens with one attached hydrogen (secondary N) is 1. The molecule has 2 heterocycles. The third kappa shape index (κ3) is 2.83. The van der Waals surface area contributed by atoms with E-state index in [2.05, 4.69) is 35.5 Å². The fourth-order valence-electron chi connectivity index (χ4n) is 3.07. The number of aryl methyl sites for hydroxylation is 2. The van der Waals surface area contributed by atoms with Gasteiger partial charge in [-0.1, -0.05) is 35.4 Å². The Hall–Kier alpha value is -2.24. The van der Waals surface area contributed by atoms with E-state index >= 15 is 0 Å². The molecule has 25 heavy (non-hydrogen) atoms. The molecule has 0 radical (unpaired) electrons. The van der Waals surface area contributed by atoms with Gasteiger partial charge in [0, 0.05) is 28.8 Å². The van der Waals surface area contributed by atoms with Crippen molar-refractivity contribution >= 4 is 35.0 Å². The Bertz CT molecular complexity index is 996. The van der Waals surface area contributed by atoms with Crippen molar-refractivity contribution in [3.63, 3.8) is 0 Å². The molecule has 0 saturated heterocycles. The lowest BCUT2D eigenvalue weighted by Crippen LogP contribution is -2.15. The summed E-state index contributed by atoms with van der Waals surface area (Å²) in [6, 6.07) is 13.6. The minimum atomic E-state index is -0.235. The summed E-state index contributed by atoms with van der Waals surface area (Å²) in [7, 11) is 1.88. The van der Waals surface area contributed by atoms with E-state index in [1.807, 2.05) is 19.2 Å². The first-order valence-corrected chi connectivity index (χ1v) is 9.26. The predicted molar refractivity (Wildman–Crippen MR) is 102 cm³/mol. The van der Waals surface area contributed by atoms with Gasteiger partial charge in [-0.3, -0.25) is 9.48 Å². The van der Waals surface area contributed by atoms with Gasteiger partial charge in [0.1, 0.15) is 0 Å². The highest BCUT2D eigenvalue weighted by Gasteiger charge is 2.28. The summed E-state index contributed by atoms with van der Waals surface area (Å²) < 4.78 is 1.80. The fourth-order valence-corrected chi connectivity index (χ4v) is 4.30. The largest absolute Gasteiger partial charge is 0.319 e. The summed E-state index contributed by atoms with van der Waals surface area (Å²) in [5, 5.41) is 7.87. The Morgan fingerprint density at radius 2 is 2.08 bits per heavy atom. The molecule has 4 rings (SSSR count). The van der Waals surface area contributed by atoms with E-state index in [1.54, 1.807) is 28.6 Å². The van der Waals surface area contributed by atoms with Gasteiger partial charge in [0.15, 0.2) is 5.69 Å². The van der Waals surface area contributed by atoms with Gasteiger partial charge in [-0.15, -0.1) is 11.8 Å². The molecule has 1 aliphatic heterocycles. The zero-order valence-corrected chi connectivity index (χ0v) is 15.4. The molecule has 0 atom stereocenters. The molecule has 0 bridgehead atoms. The smallest absolute Gasteiger partial charge is 0.276 e. The maximum atomic E-state index is 12.8. The first-order chi connectivity index (χ1) is 12.0. The molecular formula is C19H16ClN3OS. The van der Waals surface area contributed by atoms with Crippen molar-refractivity contribution in [2.45, 2.75) is 17.6 Å². The number of nitrogens with zero attached hydrogens (tertiary/aromatic N) is 2. The van der Waals surface area contributed by atoms with Crippen LogP contribution in [0.1, 0.15) is 21.6 Å². The molecule has 1 amide bonds. The van der Waals surface area contributed by atoms with Crippen LogP contribution in [0.4, 0.5) is 5.69 Å². The molecule has 3 aromatic rings. The van der Waals surface area contributed by atoms with E-state index in [1.165, 1.54) is 10.5 Å². The molecule has 0 saturated carbocycles. The van der Waals surface area contributed by atoms with E-state index in [0.29, 0.717) is 16.4 Å². The Morgan fingerprint density at radius 3 is 2.88 bits per heavy atom. The maximum absolute atomic E-state index is 12.8. The highest BCUT2D eigenvalue weighted by molar-refractivity contribution is 7.98. The number of thioether (sulfide) groups is 1. The highest BCUT2D eigenvalue weighted by Crippen LogP contribution is 2.43. The summed E-state index contributed by atoms with van der Waals surface area (Å²) in [5.41, 5.74) is 5.36. The molecule has 1 aliphatic rings. The van der Waals surface area contributed by atoms with Crippen LogP contribution in [0.15, 0.2) is 47.4 Å². The maximum Gasteiger partial charge on any atom is 0.276 e. The number of amides is 1. The monoisotopic (exact) mass is 369 g/mol. The molecular weight excluding hydrogens is 354 g/mol. The molecule has 1 N–H and O–H groups in total. The first-order valence-electron chi connectivity index (χ1n) is 7.90. The van der Waals surface area contributed by atoms with E-state index in [-0.39, 0.29) is 5.91 Å². The number of benzene rings is 2. The quantitative estimate of drug-likeness (QED) is 0.698. The van der Waals surface area contributed by atoms with Gasteiger partial charge in [-0.05, 0) is 31.2 Å². The highest BCUT2D eigenvalue weighted by atomic mass is 35.5. The van der Waals surface area contributed by atoms with Crippen LogP contribution in [0.3, 0.4) is 0 Å². The first kappa shape index (κ1) is 16.2. The molecule has 1 aromatic heterocycles. The zero-order chi connectivity index (χ0) is 17.6. The second-order valence-electron chi connectivity index (χ2n) is 6.02. The Balaban J connectivity index is 1.75. The van der Waals surface area contributed by atoms with Crippen molar-refractivity contribution in [3.8, 4) is 11.3 Å². The fraction of sp³-hybridized carbons (Fsp3) is 0.158. The molecule has 2 aromatic carbocycles. The van der Waals surface area contributed by atoms with E-state index in [9.17, 15) is 4.79 Å². The molecule has 0 fully saturated rings. The molecule has 0 aliphatic carbocycles. The van der Waals surface area contributed by atoms with Crippen molar-refractivity contribution in [1.29, 1.82) is 0 Å². The molecule has 6 heteroatoms. The van der Waals surface area contributed by atoms with Crippen LogP contribution in [-0.2, 0) is 12.8 Å². The van der Waals surface area contributed by atoms with Gasteiger partial charge >= 0.3 is 0 Å². The molecule has 0 spiro atoms. The molecule has 126 valence electrons. The Morgan fingerprint density at radius 1 is 1.28 bits per heavy atom. The van der Waals surface area contributed by atoms with Crippen LogP contribution in [0.25, 0.3) is 11.3 Å². The van der Waals surface area contributed by atoms with Gasteiger partial charge in [0.25, 0.3) is 5.91 Å². The van der Waals surface area contributed by atoms with Gasteiger partial charge in [0.2, 0.25) is 0 Å². The van der Waals surface area contributed by atoms with Crippen LogP contribution >= 0.6 is 23.4 Å². The average molecular weight is 370 g/mol. The second-order valence-corrected chi connectivity index (χ2v) is 7.45. The van der Waals surface area contributed by atoms with Crippen molar-refractivity contribution < 1.29 is 4.79 Å². The third-order valence-corrected chi connectivity index (χ3v) is 5.67. The van der Waals surface area contributed by atoms with Crippen molar-refractivity contribution in [2.24, 2.45) is 7.05 Å². The van der Waals surface area contributed by atoms with Crippen molar-refractivity contribution in [2.75, 3.05) is 5.32 Å². The molecule has 4 nitrogen and oxygen atoms in total. The lowest BCUT2D eigenvalue weighted by atomic mass is 10.0. The number of fused-ring (bicyclic) bond motifs is 3. The summed E-state index contributed by atoms with van der Waals surface area (Å²) >= 11 is 7.88. The SMILES string of the molecule is Cc1ccc2c(c1)-c1c(c(C(=O)Nc3ccccc3Cl)nn1C)CS2. The number of hydrogen-bond acceptors (Lipinski definition) is 3. The average Bonchev–Trinajstić information content (AvgIpc) is 2.94. The normalized spacial score (nSPS) is 12.4. The van der Waals surface area contributed by atoms with Crippen LogP contribution in [0, 0.1) is 6.92 Å². The van der Waals surface area contributed by atoms with Crippen LogP contribution in [-0.4, -0.2) is 15.7 Å². The number of hydrogen-bond donors (Lipinski definition) is 1. The van der Waals surface area contributed by atoms with Gasteiger partial charge in [0.05, 0.1) is 16.4 Å². The number of carbonyl (C=O) groups is 1. The number of para-hydroxylation sites is 1. The lowest BCUT2D eigenvalue weighted by molar-refractivity contribution is 0.102. The summed E-state index contributed by atoms with van der Waals surface area (Å²) in [6.45, 7) is 2.07. The summed E-state index contributed by atoms with van der Waals surface area (Å²) in [4.78, 5) is 14.0. The number of carbonyl (C=O) groups excluding carboxylic acids is 1. The number of aromatic nitrogens is 2. The van der Waals surface area contributed by atoms with Gasteiger partial charge in [-0.2, -0.15) is 5.10 Å². The van der Waals surface area contributed by atoms with E-state index in [0.717, 1.165) is 22.6 Å². The standard InChI is InChI=1S/C19H16ClN3OS/c1-11-7-8-16-12(9-11)18-13(10-25-16)17(22-23(18)2)19(24)21-15-6-4-3-5-14(15)20/h3-9H,10H2,1-2H3,(H,21,24). The predicted octanol–water partition coefficient (Wildman–Crippen LogP) is 4.91. The number of halogens is 1. The van der Waals surface area contributed by atoms with Gasteiger partial charge in [-0.25, -0.2) is 0 Å². The van der Waals surface area contributed by atoms with E-state index < -0.39 is 0 Å². The molecule has 0 unspecified atom stereocenters. The topological polar surface area (TPSA) is 46.9 Å². The minimum Gasteiger partial charge on any atom is -0.319 e. The zero-order valence-electron chi connectivity index (χ0n) is 13.8. The second kappa shape index (κ2) is 6.24. The van der Waals surface area contributed by atoms with Crippen LogP contribution in [0.5, 0.6) is 0 Å². The van der Waals surface area contributed by atoms with Crippen LogP contribution < -0.4 is 5.32 Å². The Kier molecular flexibility index (Phi) is 4.06. The summed E-state index contributed by atoms with van der Waals surface area (Å²) in [6.07, 6.45) is 0. The summed E-state index contributed by atoms with van der Waals surface area (Å²) in [5.74, 6) is 0.492. The Labute approximate surface area is 155 Å².